The highest BCUT2D eigenvalue weighted by Gasteiger charge is 2.32. The molecule has 3 rings (SSSR count). The fourth-order valence-corrected chi connectivity index (χ4v) is 3.41. The number of fused-ring (bicyclic) bond motifs is 1. The molecular formula is C18H19ClF3N3OS. The van der Waals surface area contributed by atoms with Gasteiger partial charge in [0.1, 0.15) is 10.7 Å². The second-order valence-electron chi connectivity index (χ2n) is 5.81. The van der Waals surface area contributed by atoms with Crippen molar-refractivity contribution in [3.05, 3.63) is 62.4 Å². The number of nitrogens with one attached hydrogen (secondary N) is 3. The summed E-state index contributed by atoms with van der Waals surface area (Å²) >= 11 is 0.760. The van der Waals surface area contributed by atoms with Crippen LogP contribution in [0.3, 0.4) is 0 Å². The van der Waals surface area contributed by atoms with Crippen molar-refractivity contribution in [2.24, 2.45) is 0 Å². The van der Waals surface area contributed by atoms with Gasteiger partial charge in [-0.1, -0.05) is 12.1 Å². The average Bonchev–Trinajstić information content (AvgIpc) is 3.07. The maximum absolute atomic E-state index is 12.5. The SMILES string of the molecule is Cl.O=c1cc(NCCCNCc2ccc(C(F)(F)F)s2)[nH]c2ccccc12. The van der Waals surface area contributed by atoms with Gasteiger partial charge in [-0.3, -0.25) is 4.79 Å². The lowest BCUT2D eigenvalue weighted by Gasteiger charge is -2.08. The summed E-state index contributed by atoms with van der Waals surface area (Å²) in [4.78, 5) is 15.3. The van der Waals surface area contributed by atoms with Crippen molar-refractivity contribution in [3.8, 4) is 0 Å². The molecule has 1 aromatic carbocycles. The van der Waals surface area contributed by atoms with Crippen molar-refractivity contribution in [2.75, 3.05) is 18.4 Å². The predicted octanol–water partition coefficient (Wildman–Crippen LogP) is 4.62. The fourth-order valence-electron chi connectivity index (χ4n) is 2.57. The Kier molecular flexibility index (Phi) is 7.29. The lowest BCUT2D eigenvalue weighted by molar-refractivity contribution is -0.134. The van der Waals surface area contributed by atoms with Gasteiger partial charge in [-0.25, -0.2) is 0 Å². The van der Waals surface area contributed by atoms with Crippen LogP contribution in [0.2, 0.25) is 0 Å². The second-order valence-corrected chi connectivity index (χ2v) is 6.98. The monoisotopic (exact) mass is 417 g/mol. The van der Waals surface area contributed by atoms with E-state index in [0.717, 1.165) is 29.3 Å². The van der Waals surface area contributed by atoms with E-state index in [2.05, 4.69) is 15.6 Å². The number of pyridine rings is 1. The fraction of sp³-hybridized carbons (Fsp3) is 0.278. The first-order chi connectivity index (χ1) is 12.4. The molecule has 9 heteroatoms. The van der Waals surface area contributed by atoms with E-state index in [0.29, 0.717) is 35.7 Å². The molecule has 0 bridgehead atoms. The molecular weight excluding hydrogens is 399 g/mol. The van der Waals surface area contributed by atoms with Crippen LogP contribution in [-0.2, 0) is 12.7 Å². The summed E-state index contributed by atoms with van der Waals surface area (Å²) in [5, 5.41) is 6.93. The molecule has 4 nitrogen and oxygen atoms in total. The topological polar surface area (TPSA) is 56.9 Å². The minimum absolute atomic E-state index is 0. The smallest absolute Gasteiger partial charge is 0.371 e. The van der Waals surface area contributed by atoms with Crippen LogP contribution in [0.1, 0.15) is 16.2 Å². The van der Waals surface area contributed by atoms with Gasteiger partial charge in [0, 0.05) is 29.4 Å². The number of para-hydroxylation sites is 1. The number of hydrogen-bond acceptors (Lipinski definition) is 4. The van der Waals surface area contributed by atoms with Crippen LogP contribution >= 0.6 is 23.7 Å². The van der Waals surface area contributed by atoms with Crippen molar-refractivity contribution in [2.45, 2.75) is 19.1 Å². The summed E-state index contributed by atoms with van der Waals surface area (Å²) in [7, 11) is 0. The quantitative estimate of drug-likeness (QED) is 0.491. The van der Waals surface area contributed by atoms with Gasteiger partial charge in [-0.05, 0) is 37.2 Å². The van der Waals surface area contributed by atoms with Crippen molar-refractivity contribution >= 4 is 40.5 Å². The summed E-state index contributed by atoms with van der Waals surface area (Å²) in [6.45, 7) is 1.71. The number of H-pyrrole nitrogens is 1. The van der Waals surface area contributed by atoms with Gasteiger partial charge in [0.05, 0.1) is 5.52 Å². The lowest BCUT2D eigenvalue weighted by atomic mass is 10.2. The summed E-state index contributed by atoms with van der Waals surface area (Å²) in [5.41, 5.74) is 0.733. The molecule has 0 saturated heterocycles. The number of thiophene rings is 1. The molecule has 2 aromatic heterocycles. The number of rotatable bonds is 7. The van der Waals surface area contributed by atoms with E-state index in [9.17, 15) is 18.0 Å². The molecule has 3 N–H and O–H groups in total. The van der Waals surface area contributed by atoms with Crippen LogP contribution in [-0.4, -0.2) is 18.1 Å². The maximum atomic E-state index is 12.5. The van der Waals surface area contributed by atoms with Gasteiger partial charge in [-0.15, -0.1) is 23.7 Å². The molecule has 0 aliphatic rings. The van der Waals surface area contributed by atoms with E-state index < -0.39 is 11.1 Å². The minimum atomic E-state index is -4.27. The molecule has 3 aromatic rings. The summed E-state index contributed by atoms with van der Waals surface area (Å²) in [6, 6.07) is 11.4. The second kappa shape index (κ2) is 9.25. The number of aromatic amines is 1. The van der Waals surface area contributed by atoms with Crippen LogP contribution in [0.25, 0.3) is 10.9 Å². The van der Waals surface area contributed by atoms with Crippen LogP contribution < -0.4 is 16.1 Å². The third-order valence-corrected chi connectivity index (χ3v) is 4.95. The van der Waals surface area contributed by atoms with Crippen molar-refractivity contribution < 1.29 is 13.2 Å². The Balaban J connectivity index is 0.00000261. The van der Waals surface area contributed by atoms with Gasteiger partial charge < -0.3 is 15.6 Å². The summed E-state index contributed by atoms with van der Waals surface area (Å²) in [5.74, 6) is 0.654. The average molecular weight is 418 g/mol. The molecule has 2 heterocycles. The molecule has 0 saturated carbocycles. The van der Waals surface area contributed by atoms with E-state index in [-0.39, 0.29) is 17.8 Å². The number of alkyl halides is 3. The first-order valence-electron chi connectivity index (χ1n) is 8.16. The molecule has 0 radical (unpaired) electrons. The van der Waals surface area contributed by atoms with E-state index in [1.807, 2.05) is 18.2 Å². The third kappa shape index (κ3) is 5.72. The Hall–Kier alpha value is -2.03. The van der Waals surface area contributed by atoms with Crippen LogP contribution in [0, 0.1) is 0 Å². The number of aromatic nitrogens is 1. The highest BCUT2D eigenvalue weighted by Crippen LogP contribution is 2.34. The van der Waals surface area contributed by atoms with Gasteiger partial charge in [0.2, 0.25) is 0 Å². The highest BCUT2D eigenvalue weighted by molar-refractivity contribution is 7.12. The van der Waals surface area contributed by atoms with Crippen LogP contribution in [0.4, 0.5) is 19.0 Å². The predicted molar refractivity (Wildman–Crippen MR) is 106 cm³/mol. The largest absolute Gasteiger partial charge is 0.425 e. The normalized spacial score (nSPS) is 11.4. The zero-order valence-corrected chi connectivity index (χ0v) is 15.9. The standard InChI is InChI=1S/C18H18F3N3OS.ClH/c19-18(20,21)16-7-6-12(26-16)11-22-8-3-9-23-17-10-15(25)13-4-1-2-5-14(13)24-17;/h1-2,4-7,10,22H,3,8-9,11H2,(H2,23,24,25);1H. The first-order valence-corrected chi connectivity index (χ1v) is 8.98. The Bertz CT molecular complexity index is 939. The van der Waals surface area contributed by atoms with Gasteiger partial charge in [0.15, 0.2) is 5.43 Å². The lowest BCUT2D eigenvalue weighted by Crippen LogP contribution is -2.17. The van der Waals surface area contributed by atoms with Gasteiger partial charge >= 0.3 is 6.18 Å². The number of halogens is 4. The van der Waals surface area contributed by atoms with Gasteiger partial charge in [0.25, 0.3) is 0 Å². The number of hydrogen-bond donors (Lipinski definition) is 3. The number of benzene rings is 1. The molecule has 0 unspecified atom stereocenters. The van der Waals surface area contributed by atoms with Crippen LogP contribution in [0.5, 0.6) is 0 Å². The molecule has 0 aliphatic heterocycles. The maximum Gasteiger partial charge on any atom is 0.425 e. The van der Waals surface area contributed by atoms with E-state index >= 15 is 0 Å². The summed E-state index contributed by atoms with van der Waals surface area (Å²) < 4.78 is 37.6. The Morgan fingerprint density at radius 2 is 1.85 bits per heavy atom. The van der Waals surface area contributed by atoms with Gasteiger partial charge in [-0.2, -0.15) is 13.2 Å². The van der Waals surface area contributed by atoms with Crippen LogP contribution in [0.15, 0.2) is 47.3 Å². The van der Waals surface area contributed by atoms with Crippen molar-refractivity contribution in [1.29, 1.82) is 0 Å². The minimum Gasteiger partial charge on any atom is -0.371 e. The first kappa shape index (κ1) is 21.3. The molecule has 0 aliphatic carbocycles. The van der Waals surface area contributed by atoms with Crippen molar-refractivity contribution in [3.63, 3.8) is 0 Å². The molecule has 0 spiro atoms. The Morgan fingerprint density at radius 1 is 1.07 bits per heavy atom. The highest BCUT2D eigenvalue weighted by atomic mass is 35.5. The summed E-state index contributed by atoms with van der Waals surface area (Å²) in [6.07, 6.45) is -3.50. The number of anilines is 1. The van der Waals surface area contributed by atoms with E-state index in [4.69, 9.17) is 0 Å². The third-order valence-electron chi connectivity index (χ3n) is 3.82. The molecule has 0 amide bonds. The molecule has 146 valence electrons. The Morgan fingerprint density at radius 3 is 2.59 bits per heavy atom. The molecule has 27 heavy (non-hydrogen) atoms. The Labute approximate surface area is 164 Å². The molecule has 0 fully saturated rings. The zero-order valence-electron chi connectivity index (χ0n) is 14.2. The van der Waals surface area contributed by atoms with Crippen molar-refractivity contribution in [1.82, 2.24) is 10.3 Å². The van der Waals surface area contributed by atoms with E-state index in [1.54, 1.807) is 6.07 Å². The van der Waals surface area contributed by atoms with E-state index in [1.165, 1.54) is 12.1 Å². The molecule has 0 atom stereocenters. The zero-order chi connectivity index (χ0) is 18.6.